The minimum absolute atomic E-state index is 0.0314. The third kappa shape index (κ3) is 5.56. The molecule has 0 saturated carbocycles. The Morgan fingerprint density at radius 3 is 2.50 bits per heavy atom. The van der Waals surface area contributed by atoms with Gasteiger partial charge in [-0.1, -0.05) is 75.8 Å². The quantitative estimate of drug-likeness (QED) is 0.157. The number of aliphatic hydroxyl groups is 1. The molecule has 1 spiro atoms. The molecule has 3 saturated heterocycles. The van der Waals surface area contributed by atoms with Gasteiger partial charge < -0.3 is 24.5 Å². The number of carbonyl (C=O) groups excluding carboxylic acids is 3. The van der Waals surface area contributed by atoms with Crippen LogP contribution in [0.5, 0.6) is 0 Å². The first kappa shape index (κ1) is 32.1. The average molecular weight is 692 g/mol. The molecule has 3 aromatic rings. The molecule has 0 radical (unpaired) electrons. The fraction of sp³-hybridized carbons (Fsp3) is 0.441. The maximum absolute atomic E-state index is 14.7. The molecule has 0 aliphatic carbocycles. The Labute approximate surface area is 276 Å². The Morgan fingerprint density at radius 1 is 1.04 bits per heavy atom. The van der Waals surface area contributed by atoms with Gasteiger partial charge in [-0.25, -0.2) is 4.68 Å². The molecule has 2 bridgehead atoms. The van der Waals surface area contributed by atoms with Crippen molar-refractivity contribution in [3.8, 4) is 0 Å². The zero-order valence-electron chi connectivity index (χ0n) is 25.7. The maximum atomic E-state index is 14.7. The van der Waals surface area contributed by atoms with Crippen molar-refractivity contribution in [1.29, 1.82) is 0 Å². The van der Waals surface area contributed by atoms with Crippen molar-refractivity contribution >= 4 is 44.7 Å². The summed E-state index contributed by atoms with van der Waals surface area (Å²) in [5.74, 6) is -2.37. The number of para-hydroxylation sites is 1. The van der Waals surface area contributed by atoms with Crippen LogP contribution < -0.4 is 0 Å². The molecule has 3 aliphatic heterocycles. The molecular formula is C34H39BrN6O5. The molecule has 12 heteroatoms. The summed E-state index contributed by atoms with van der Waals surface area (Å²) >= 11 is 3.77. The van der Waals surface area contributed by atoms with Gasteiger partial charge in [0.25, 0.3) is 0 Å². The average Bonchev–Trinajstić information content (AvgIpc) is 3.78. The molecule has 3 unspecified atom stereocenters. The number of unbranched alkanes of at least 4 members (excludes halogenated alkanes) is 1. The van der Waals surface area contributed by atoms with Gasteiger partial charge in [0.15, 0.2) is 0 Å². The summed E-state index contributed by atoms with van der Waals surface area (Å²) in [7, 11) is 0. The second-order valence-corrected chi connectivity index (χ2v) is 13.4. The standard InChI is InChI=1S/C34H39BrN6O5/c1-3-16-38(21-23-12-6-5-7-13-23)31(43)27-28-32(44)40(18-10-11-19-42)30(34(28)20-24(35)29(27)46-34)33(45)39(17-4-2)22-41-26-15-9-8-14-25(26)36-37-41/h3-9,12-15,24,27-30,42H,1-2,10-11,16-22H2/t24?,27-,28+,29-,30?,34?/m1/s1. The lowest BCUT2D eigenvalue weighted by atomic mass is 9.70. The smallest absolute Gasteiger partial charge is 0.250 e. The molecule has 2 aromatic carbocycles. The van der Waals surface area contributed by atoms with Crippen LogP contribution in [0.25, 0.3) is 11.0 Å². The summed E-state index contributed by atoms with van der Waals surface area (Å²) in [6.45, 7) is 8.94. The molecule has 11 nitrogen and oxygen atoms in total. The molecule has 1 N–H and O–H groups in total. The van der Waals surface area contributed by atoms with Gasteiger partial charge in [0, 0.05) is 37.6 Å². The summed E-state index contributed by atoms with van der Waals surface area (Å²) in [4.78, 5) is 48.3. The van der Waals surface area contributed by atoms with E-state index in [2.05, 4.69) is 39.4 Å². The van der Waals surface area contributed by atoms with E-state index in [1.165, 1.54) is 0 Å². The molecule has 4 heterocycles. The summed E-state index contributed by atoms with van der Waals surface area (Å²) in [5.41, 5.74) is 1.23. The lowest BCUT2D eigenvalue weighted by Crippen LogP contribution is -2.57. The van der Waals surface area contributed by atoms with Gasteiger partial charge in [-0.2, -0.15) is 0 Å². The number of fused-ring (bicyclic) bond motifs is 2. The van der Waals surface area contributed by atoms with E-state index in [0.29, 0.717) is 37.9 Å². The second kappa shape index (κ2) is 13.5. The van der Waals surface area contributed by atoms with Crippen molar-refractivity contribution in [2.45, 2.75) is 55.0 Å². The highest BCUT2D eigenvalue weighted by atomic mass is 79.9. The minimum Gasteiger partial charge on any atom is -0.396 e. The van der Waals surface area contributed by atoms with Crippen LogP contribution in [0.1, 0.15) is 24.8 Å². The van der Waals surface area contributed by atoms with E-state index in [0.717, 1.165) is 11.1 Å². The maximum Gasteiger partial charge on any atom is 0.250 e. The van der Waals surface area contributed by atoms with E-state index in [-0.39, 0.29) is 48.9 Å². The number of hydrogen-bond acceptors (Lipinski definition) is 7. The Bertz CT molecular complexity index is 1620. The highest BCUT2D eigenvalue weighted by Crippen LogP contribution is 2.60. The summed E-state index contributed by atoms with van der Waals surface area (Å²) in [6, 6.07) is 16.2. The Balaban J connectivity index is 1.36. The molecular weight excluding hydrogens is 652 g/mol. The lowest BCUT2D eigenvalue weighted by Gasteiger charge is -2.37. The Morgan fingerprint density at radius 2 is 1.76 bits per heavy atom. The summed E-state index contributed by atoms with van der Waals surface area (Å²) < 4.78 is 8.40. The fourth-order valence-electron chi connectivity index (χ4n) is 7.46. The Hall–Kier alpha value is -3.87. The predicted octanol–water partition coefficient (Wildman–Crippen LogP) is 3.14. The van der Waals surface area contributed by atoms with Crippen LogP contribution in [0, 0.1) is 11.8 Å². The van der Waals surface area contributed by atoms with Crippen LogP contribution in [0.15, 0.2) is 79.9 Å². The highest BCUT2D eigenvalue weighted by molar-refractivity contribution is 9.09. The summed E-state index contributed by atoms with van der Waals surface area (Å²) in [6.07, 6.45) is 4.12. The van der Waals surface area contributed by atoms with Crippen LogP contribution in [-0.2, 0) is 32.3 Å². The number of amides is 3. The molecule has 6 rings (SSSR count). The number of nitrogens with zero attached hydrogens (tertiary/aromatic N) is 6. The van der Waals surface area contributed by atoms with Crippen LogP contribution in [-0.4, -0.2) is 101 Å². The molecule has 242 valence electrons. The topological polar surface area (TPSA) is 121 Å². The minimum atomic E-state index is -1.21. The van der Waals surface area contributed by atoms with Crippen molar-refractivity contribution in [3.63, 3.8) is 0 Å². The third-order valence-electron chi connectivity index (χ3n) is 9.38. The first-order valence-electron chi connectivity index (χ1n) is 15.7. The molecule has 3 aliphatic rings. The van der Waals surface area contributed by atoms with Gasteiger partial charge in [0.05, 0.1) is 23.5 Å². The number of carbonyl (C=O) groups is 3. The monoisotopic (exact) mass is 690 g/mol. The fourth-order valence-corrected chi connectivity index (χ4v) is 8.40. The number of ether oxygens (including phenoxy) is 1. The van der Waals surface area contributed by atoms with Crippen LogP contribution in [0.3, 0.4) is 0 Å². The van der Waals surface area contributed by atoms with Crippen LogP contribution in [0.4, 0.5) is 0 Å². The normalized spacial score (nSPS) is 26.3. The number of aliphatic hydroxyl groups excluding tert-OH is 1. The number of benzene rings is 2. The molecule has 3 amide bonds. The number of likely N-dealkylation sites (tertiary alicyclic amines) is 1. The largest absolute Gasteiger partial charge is 0.396 e. The number of aromatic nitrogens is 3. The van der Waals surface area contributed by atoms with E-state index in [1.54, 1.807) is 31.5 Å². The molecule has 3 fully saturated rings. The van der Waals surface area contributed by atoms with Gasteiger partial charge in [0.1, 0.15) is 23.8 Å². The van der Waals surface area contributed by atoms with E-state index >= 15 is 0 Å². The van der Waals surface area contributed by atoms with E-state index < -0.39 is 29.6 Å². The summed E-state index contributed by atoms with van der Waals surface area (Å²) in [5, 5.41) is 18.0. The van der Waals surface area contributed by atoms with Crippen molar-refractivity contribution in [2.24, 2.45) is 11.8 Å². The van der Waals surface area contributed by atoms with E-state index in [9.17, 15) is 19.5 Å². The molecule has 1 aromatic heterocycles. The van der Waals surface area contributed by atoms with E-state index in [1.807, 2.05) is 54.6 Å². The Kier molecular flexibility index (Phi) is 9.39. The van der Waals surface area contributed by atoms with Crippen molar-refractivity contribution in [2.75, 3.05) is 26.2 Å². The van der Waals surface area contributed by atoms with Crippen molar-refractivity contribution in [1.82, 2.24) is 29.7 Å². The van der Waals surface area contributed by atoms with Crippen molar-refractivity contribution in [3.05, 3.63) is 85.5 Å². The number of alkyl halides is 1. The van der Waals surface area contributed by atoms with Gasteiger partial charge in [-0.15, -0.1) is 18.3 Å². The predicted molar refractivity (Wildman–Crippen MR) is 175 cm³/mol. The van der Waals surface area contributed by atoms with Crippen LogP contribution in [0.2, 0.25) is 0 Å². The SMILES string of the molecule is C=CCN(Cn1nnc2ccccc21)C(=O)C1N(CCCCO)C(=O)[C@@H]2[C@@H](C(=O)N(CC=C)Cc3ccccc3)[C@@H]3OC12CC3Br. The first-order chi connectivity index (χ1) is 22.3. The highest BCUT2D eigenvalue weighted by Gasteiger charge is 2.76. The second-order valence-electron chi connectivity index (χ2n) is 12.2. The van der Waals surface area contributed by atoms with Gasteiger partial charge in [-0.3, -0.25) is 14.4 Å². The van der Waals surface area contributed by atoms with Gasteiger partial charge >= 0.3 is 0 Å². The zero-order valence-corrected chi connectivity index (χ0v) is 27.2. The number of rotatable bonds is 14. The molecule has 6 atom stereocenters. The lowest BCUT2D eigenvalue weighted by molar-refractivity contribution is -0.150. The number of hydrogen-bond donors (Lipinski definition) is 1. The van der Waals surface area contributed by atoms with Crippen LogP contribution >= 0.6 is 15.9 Å². The van der Waals surface area contributed by atoms with E-state index in [4.69, 9.17) is 4.74 Å². The number of halogens is 1. The van der Waals surface area contributed by atoms with Crippen molar-refractivity contribution < 1.29 is 24.2 Å². The molecule has 46 heavy (non-hydrogen) atoms. The zero-order chi connectivity index (χ0) is 32.4. The van der Waals surface area contributed by atoms with Gasteiger partial charge in [-0.05, 0) is 37.0 Å². The first-order valence-corrected chi connectivity index (χ1v) is 16.6. The third-order valence-corrected chi connectivity index (χ3v) is 10.2. The van der Waals surface area contributed by atoms with Gasteiger partial charge in [0.2, 0.25) is 17.7 Å².